The van der Waals surface area contributed by atoms with Crippen molar-refractivity contribution in [2.75, 3.05) is 0 Å². The van der Waals surface area contributed by atoms with Gasteiger partial charge in [0.25, 0.3) is 0 Å². The van der Waals surface area contributed by atoms with Crippen LogP contribution in [0.15, 0.2) is 12.1 Å². The molecule has 1 aliphatic rings. The number of hydrogen-bond donors (Lipinski definition) is 0. The molecule has 1 saturated carbocycles. The number of aromatic nitrogens is 2. The summed E-state index contributed by atoms with van der Waals surface area (Å²) in [5, 5.41) is 0.978. The quantitative estimate of drug-likeness (QED) is 0.576. The van der Waals surface area contributed by atoms with E-state index in [9.17, 15) is 0 Å². The first-order valence-electron chi connectivity index (χ1n) is 7.50. The predicted molar refractivity (Wildman–Crippen MR) is 90.7 cm³/mol. The second kappa shape index (κ2) is 5.98. The van der Waals surface area contributed by atoms with Gasteiger partial charge >= 0.3 is 0 Å². The molecular formula is C16H19Cl3N2. The zero-order valence-corrected chi connectivity index (χ0v) is 14.5. The molecule has 0 aliphatic heterocycles. The van der Waals surface area contributed by atoms with Crippen LogP contribution in [0, 0.1) is 5.92 Å². The summed E-state index contributed by atoms with van der Waals surface area (Å²) in [4.78, 5) is 4.71. The molecule has 1 aromatic heterocycles. The first-order valence-corrected chi connectivity index (χ1v) is 8.69. The molecule has 0 bridgehead atoms. The van der Waals surface area contributed by atoms with Gasteiger partial charge in [0.15, 0.2) is 0 Å². The molecule has 1 aliphatic carbocycles. The van der Waals surface area contributed by atoms with E-state index in [4.69, 9.17) is 39.8 Å². The van der Waals surface area contributed by atoms with Gasteiger partial charge in [-0.1, -0.05) is 43.0 Å². The van der Waals surface area contributed by atoms with Crippen LogP contribution >= 0.6 is 34.8 Å². The molecule has 3 unspecified atom stereocenters. The molecule has 2 nitrogen and oxygen atoms in total. The zero-order valence-electron chi connectivity index (χ0n) is 12.2. The highest BCUT2D eigenvalue weighted by Gasteiger charge is 2.28. The van der Waals surface area contributed by atoms with E-state index >= 15 is 0 Å². The monoisotopic (exact) mass is 344 g/mol. The van der Waals surface area contributed by atoms with E-state index in [1.54, 1.807) is 0 Å². The van der Waals surface area contributed by atoms with Crippen molar-refractivity contribution in [2.45, 2.75) is 50.9 Å². The number of nitrogens with zero attached hydrogens (tertiary/aromatic N) is 2. The number of imidazole rings is 1. The second-order valence-electron chi connectivity index (χ2n) is 6.04. The molecule has 3 atom stereocenters. The van der Waals surface area contributed by atoms with Gasteiger partial charge < -0.3 is 4.57 Å². The Labute approximate surface area is 140 Å². The van der Waals surface area contributed by atoms with Crippen molar-refractivity contribution in [1.29, 1.82) is 0 Å². The predicted octanol–water partition coefficient (Wildman–Crippen LogP) is 6.39. The second-order valence-corrected chi connectivity index (χ2v) is 7.51. The van der Waals surface area contributed by atoms with Crippen molar-refractivity contribution in [2.24, 2.45) is 5.92 Å². The number of halogens is 3. The Kier molecular flexibility index (Phi) is 4.40. The summed E-state index contributed by atoms with van der Waals surface area (Å²) < 4.78 is 2.30. The van der Waals surface area contributed by atoms with Crippen LogP contribution in [0.2, 0.25) is 10.0 Å². The summed E-state index contributed by atoms with van der Waals surface area (Å²) >= 11 is 18.7. The lowest BCUT2D eigenvalue weighted by molar-refractivity contribution is 0.257. The fourth-order valence-electron chi connectivity index (χ4n) is 3.42. The van der Waals surface area contributed by atoms with E-state index in [1.165, 1.54) is 25.7 Å². The van der Waals surface area contributed by atoms with E-state index < -0.39 is 0 Å². The standard InChI is InChI=1S/C16H19Cl3N2/c1-9-5-3-4-6-14(9)21-15-8-12(19)11(18)7-13(15)20-16(21)10(2)17/h7-10,14H,3-6H2,1-2H3. The number of hydrogen-bond acceptors (Lipinski definition) is 1. The molecule has 1 aromatic carbocycles. The van der Waals surface area contributed by atoms with Gasteiger partial charge in [-0.2, -0.15) is 0 Å². The Morgan fingerprint density at radius 2 is 1.86 bits per heavy atom. The van der Waals surface area contributed by atoms with Crippen LogP contribution < -0.4 is 0 Å². The van der Waals surface area contributed by atoms with E-state index in [2.05, 4.69) is 11.5 Å². The van der Waals surface area contributed by atoms with Crippen LogP contribution in [0.25, 0.3) is 11.0 Å². The van der Waals surface area contributed by atoms with Crippen LogP contribution in [-0.4, -0.2) is 9.55 Å². The Morgan fingerprint density at radius 1 is 1.19 bits per heavy atom. The van der Waals surface area contributed by atoms with Gasteiger partial charge in [-0.25, -0.2) is 4.98 Å². The third-order valence-corrected chi connectivity index (χ3v) is 5.43. The van der Waals surface area contributed by atoms with Crippen molar-refractivity contribution >= 4 is 45.8 Å². The molecule has 0 saturated heterocycles. The maximum absolute atomic E-state index is 6.38. The first-order chi connectivity index (χ1) is 9.99. The molecule has 1 heterocycles. The van der Waals surface area contributed by atoms with Crippen molar-refractivity contribution in [3.8, 4) is 0 Å². The van der Waals surface area contributed by atoms with Crippen LogP contribution in [0.1, 0.15) is 56.8 Å². The highest BCUT2D eigenvalue weighted by Crippen LogP contribution is 2.40. The van der Waals surface area contributed by atoms with Crippen molar-refractivity contribution < 1.29 is 0 Å². The third kappa shape index (κ3) is 2.78. The van der Waals surface area contributed by atoms with E-state index in [-0.39, 0.29) is 5.38 Å². The number of alkyl halides is 1. The Bertz CT molecular complexity index is 663. The minimum absolute atomic E-state index is 0.135. The maximum atomic E-state index is 6.38. The Balaban J connectivity index is 2.22. The lowest BCUT2D eigenvalue weighted by Crippen LogP contribution is -2.23. The number of rotatable bonds is 2. The summed E-state index contributed by atoms with van der Waals surface area (Å²) in [5.74, 6) is 1.54. The largest absolute Gasteiger partial charge is 0.323 e. The summed E-state index contributed by atoms with van der Waals surface area (Å²) in [6.45, 7) is 4.28. The number of fused-ring (bicyclic) bond motifs is 1. The average Bonchev–Trinajstić information content (AvgIpc) is 2.78. The topological polar surface area (TPSA) is 17.8 Å². The maximum Gasteiger partial charge on any atom is 0.127 e. The van der Waals surface area contributed by atoms with Crippen LogP contribution in [0.3, 0.4) is 0 Å². The highest BCUT2D eigenvalue weighted by molar-refractivity contribution is 6.42. The molecule has 21 heavy (non-hydrogen) atoms. The molecule has 2 aromatic rings. The molecule has 1 fully saturated rings. The van der Waals surface area contributed by atoms with E-state index in [1.807, 2.05) is 19.1 Å². The summed E-state index contributed by atoms with van der Waals surface area (Å²) in [7, 11) is 0. The molecule has 0 spiro atoms. The van der Waals surface area contributed by atoms with Gasteiger partial charge in [-0.3, -0.25) is 0 Å². The van der Waals surface area contributed by atoms with Gasteiger partial charge in [0.1, 0.15) is 5.82 Å². The average molecular weight is 346 g/mol. The molecule has 5 heteroatoms. The molecule has 0 amide bonds. The third-order valence-electron chi connectivity index (χ3n) is 4.51. The minimum atomic E-state index is -0.135. The fourth-order valence-corrected chi connectivity index (χ4v) is 3.89. The SMILES string of the molecule is CC(Cl)c1nc2cc(Cl)c(Cl)cc2n1C1CCCCC1C. The molecule has 114 valence electrons. The summed E-state index contributed by atoms with van der Waals surface area (Å²) in [6, 6.07) is 4.21. The van der Waals surface area contributed by atoms with E-state index in [0.29, 0.717) is 22.0 Å². The van der Waals surface area contributed by atoms with Crippen LogP contribution in [0.4, 0.5) is 0 Å². The minimum Gasteiger partial charge on any atom is -0.323 e. The van der Waals surface area contributed by atoms with Gasteiger partial charge in [-0.05, 0) is 37.8 Å². The van der Waals surface area contributed by atoms with Crippen LogP contribution in [-0.2, 0) is 0 Å². The molecule has 0 radical (unpaired) electrons. The first kappa shape index (κ1) is 15.5. The van der Waals surface area contributed by atoms with Gasteiger partial charge in [-0.15, -0.1) is 11.6 Å². The van der Waals surface area contributed by atoms with E-state index in [0.717, 1.165) is 16.9 Å². The number of benzene rings is 1. The molecule has 3 rings (SSSR count). The van der Waals surface area contributed by atoms with Gasteiger partial charge in [0, 0.05) is 6.04 Å². The fraction of sp³-hybridized carbons (Fsp3) is 0.562. The van der Waals surface area contributed by atoms with Gasteiger partial charge in [0.05, 0.1) is 26.5 Å². The van der Waals surface area contributed by atoms with Gasteiger partial charge in [0.2, 0.25) is 0 Å². The molecular weight excluding hydrogens is 327 g/mol. The van der Waals surface area contributed by atoms with Crippen molar-refractivity contribution in [1.82, 2.24) is 9.55 Å². The summed E-state index contributed by atoms with van der Waals surface area (Å²) in [5.41, 5.74) is 1.93. The Hall–Kier alpha value is -0.440. The normalized spacial score (nSPS) is 24.4. The van der Waals surface area contributed by atoms with Crippen molar-refractivity contribution in [3.63, 3.8) is 0 Å². The lowest BCUT2D eigenvalue weighted by atomic mass is 9.85. The Morgan fingerprint density at radius 3 is 2.52 bits per heavy atom. The summed E-state index contributed by atoms with van der Waals surface area (Å²) in [6.07, 6.45) is 4.99. The zero-order chi connectivity index (χ0) is 15.1. The highest BCUT2D eigenvalue weighted by atomic mass is 35.5. The molecule has 0 N–H and O–H groups in total. The lowest BCUT2D eigenvalue weighted by Gasteiger charge is -2.32. The van der Waals surface area contributed by atoms with Crippen LogP contribution in [0.5, 0.6) is 0 Å². The van der Waals surface area contributed by atoms with Crippen molar-refractivity contribution in [3.05, 3.63) is 28.0 Å². The smallest absolute Gasteiger partial charge is 0.127 e.